The number of anilines is 2. The number of pyridine rings is 1. The van der Waals surface area contributed by atoms with Gasteiger partial charge in [0.2, 0.25) is 0 Å². The van der Waals surface area contributed by atoms with E-state index in [1.807, 2.05) is 36.0 Å². The molecule has 0 saturated heterocycles. The quantitative estimate of drug-likeness (QED) is 0.250. The summed E-state index contributed by atoms with van der Waals surface area (Å²) in [6.07, 6.45) is 4.81. The number of thiazole rings is 1. The van der Waals surface area contributed by atoms with Crippen LogP contribution < -0.4 is 10.6 Å². The number of nitrogens with zero attached hydrogens (tertiary/aromatic N) is 8. The third kappa shape index (κ3) is 4.80. The predicted molar refractivity (Wildman–Crippen MR) is 157 cm³/mol. The van der Waals surface area contributed by atoms with Gasteiger partial charge >= 0.3 is 0 Å². The van der Waals surface area contributed by atoms with Gasteiger partial charge in [-0.3, -0.25) is 4.98 Å². The molecule has 3 heterocycles. The highest BCUT2D eigenvalue weighted by atomic mass is 32.1. The van der Waals surface area contributed by atoms with Gasteiger partial charge in [0, 0.05) is 23.8 Å². The van der Waals surface area contributed by atoms with E-state index in [9.17, 15) is 15.8 Å². The highest BCUT2D eigenvalue weighted by Crippen LogP contribution is 2.43. The minimum absolute atomic E-state index is 0.0388. The van der Waals surface area contributed by atoms with E-state index in [2.05, 4.69) is 69.9 Å². The van der Waals surface area contributed by atoms with E-state index in [-0.39, 0.29) is 5.41 Å². The monoisotopic (exact) mass is 558 g/mol. The van der Waals surface area contributed by atoms with Crippen LogP contribution in [0.5, 0.6) is 0 Å². The topological polar surface area (TPSA) is 152 Å². The van der Waals surface area contributed by atoms with Gasteiger partial charge in [0.15, 0.2) is 5.54 Å². The lowest BCUT2D eigenvalue weighted by Gasteiger charge is -2.22. The van der Waals surface area contributed by atoms with Crippen molar-refractivity contribution < 1.29 is 0 Å². The molecule has 1 saturated carbocycles. The maximum absolute atomic E-state index is 10.1. The summed E-state index contributed by atoms with van der Waals surface area (Å²) in [6.45, 7) is 6.96. The molecule has 2 aromatic carbocycles. The first-order chi connectivity index (χ1) is 19.7. The molecule has 3 aromatic heterocycles. The van der Waals surface area contributed by atoms with Crippen LogP contribution in [0.25, 0.3) is 21.1 Å². The number of nitriles is 3. The average molecular weight is 559 g/mol. The van der Waals surface area contributed by atoms with E-state index in [1.54, 1.807) is 10.7 Å². The molecule has 11 heteroatoms. The van der Waals surface area contributed by atoms with E-state index in [1.165, 1.54) is 17.5 Å². The lowest BCUT2D eigenvalue weighted by Crippen LogP contribution is -2.20. The molecule has 1 aliphatic carbocycles. The molecular weight excluding hydrogens is 532 g/mol. The Kier molecular flexibility index (Phi) is 6.29. The standard InChI is InChI=1S/C30H26N10S/c1-29(2,3)16-35-26-19(12-32)13-34-25-18(11-31)9-20(10-22(25)26)37-27(21-5-4-6-23-28(21)41-17-36-23)24-14-40(39-38-24)30(15-33)7-8-30/h4-6,9-10,13-14,17,27,37H,7-8,16H2,1-3H3,(H,34,35)/t27-/m0/s1. The van der Waals surface area contributed by atoms with Crippen LogP contribution in [-0.4, -0.2) is 31.5 Å². The molecule has 1 aliphatic rings. The van der Waals surface area contributed by atoms with Gasteiger partial charge in [-0.05, 0) is 42.0 Å². The Labute approximate surface area is 240 Å². The number of nitrogens with one attached hydrogen (secondary N) is 2. The first kappa shape index (κ1) is 26.2. The van der Waals surface area contributed by atoms with Crippen LogP contribution in [0.1, 0.15) is 62.0 Å². The smallest absolute Gasteiger partial charge is 0.150 e. The molecule has 202 valence electrons. The zero-order valence-electron chi connectivity index (χ0n) is 22.8. The van der Waals surface area contributed by atoms with Crippen LogP contribution in [0.15, 0.2) is 48.2 Å². The Morgan fingerprint density at radius 2 is 1.90 bits per heavy atom. The highest BCUT2D eigenvalue weighted by molar-refractivity contribution is 7.17. The van der Waals surface area contributed by atoms with Crippen LogP contribution >= 0.6 is 11.3 Å². The Bertz CT molecular complexity index is 1920. The molecule has 0 radical (unpaired) electrons. The Balaban J connectivity index is 1.50. The first-order valence-corrected chi connectivity index (χ1v) is 14.1. The molecule has 5 aromatic rings. The van der Waals surface area contributed by atoms with Crippen molar-refractivity contribution in [3.05, 3.63) is 70.6 Å². The molecule has 1 atom stereocenters. The molecule has 41 heavy (non-hydrogen) atoms. The van der Waals surface area contributed by atoms with Gasteiger partial charge < -0.3 is 10.6 Å². The van der Waals surface area contributed by atoms with Gasteiger partial charge in [0.25, 0.3) is 0 Å². The second-order valence-electron chi connectivity index (χ2n) is 11.5. The van der Waals surface area contributed by atoms with E-state index in [0.717, 1.165) is 28.6 Å². The summed E-state index contributed by atoms with van der Waals surface area (Å²) in [5.74, 6) is 0. The van der Waals surface area contributed by atoms with Gasteiger partial charge in [-0.15, -0.1) is 16.4 Å². The molecule has 1 fully saturated rings. The normalized spacial score (nSPS) is 14.6. The van der Waals surface area contributed by atoms with Gasteiger partial charge in [-0.25, -0.2) is 9.67 Å². The molecule has 0 aliphatic heterocycles. The summed E-state index contributed by atoms with van der Waals surface area (Å²) in [7, 11) is 0. The van der Waals surface area contributed by atoms with Gasteiger partial charge in [-0.1, -0.05) is 38.1 Å². The molecule has 0 unspecified atom stereocenters. The van der Waals surface area contributed by atoms with Crippen molar-refractivity contribution in [2.75, 3.05) is 17.2 Å². The van der Waals surface area contributed by atoms with Crippen LogP contribution in [0.3, 0.4) is 0 Å². The zero-order valence-corrected chi connectivity index (χ0v) is 23.6. The number of benzene rings is 2. The molecule has 0 spiro atoms. The van der Waals surface area contributed by atoms with Crippen molar-refractivity contribution in [1.29, 1.82) is 15.8 Å². The second kappa shape index (κ2) is 9.85. The van der Waals surface area contributed by atoms with Crippen LogP contribution in [0.4, 0.5) is 11.4 Å². The maximum atomic E-state index is 10.1. The van der Waals surface area contributed by atoms with Gasteiger partial charge in [0.1, 0.15) is 17.8 Å². The molecule has 0 bridgehead atoms. The van der Waals surface area contributed by atoms with E-state index >= 15 is 0 Å². The van der Waals surface area contributed by atoms with E-state index in [4.69, 9.17) is 0 Å². The van der Waals surface area contributed by atoms with Crippen molar-refractivity contribution in [2.24, 2.45) is 5.41 Å². The second-order valence-corrected chi connectivity index (χ2v) is 12.3. The molecular formula is C30H26N10S. The van der Waals surface area contributed by atoms with Crippen LogP contribution in [-0.2, 0) is 5.54 Å². The fraction of sp³-hybridized carbons (Fsp3) is 0.300. The van der Waals surface area contributed by atoms with Crippen LogP contribution in [0.2, 0.25) is 0 Å². The summed E-state index contributed by atoms with van der Waals surface area (Å²) in [5.41, 5.74) is 6.20. The van der Waals surface area contributed by atoms with Gasteiger partial charge in [0.05, 0.1) is 56.4 Å². The molecule has 2 N–H and O–H groups in total. The SMILES string of the molecule is CC(C)(C)CNc1c(C#N)cnc2c(C#N)cc(N[C@H](c3cn(C4(C#N)CC4)nn3)c3cccc4ncsc34)cc12. The first-order valence-electron chi connectivity index (χ1n) is 13.2. The third-order valence-corrected chi connectivity index (χ3v) is 8.09. The molecule has 0 amide bonds. The minimum Gasteiger partial charge on any atom is -0.383 e. The summed E-state index contributed by atoms with van der Waals surface area (Å²) < 4.78 is 2.66. The van der Waals surface area contributed by atoms with Crippen molar-refractivity contribution in [2.45, 2.75) is 45.2 Å². The Morgan fingerprint density at radius 3 is 2.61 bits per heavy atom. The van der Waals surface area contributed by atoms with Crippen LogP contribution in [0, 0.1) is 39.4 Å². The molecule has 10 nitrogen and oxygen atoms in total. The summed E-state index contributed by atoms with van der Waals surface area (Å²) in [5, 5.41) is 46.2. The number of rotatable bonds is 7. The number of hydrogen-bond donors (Lipinski definition) is 2. The number of aromatic nitrogens is 5. The number of fused-ring (bicyclic) bond motifs is 2. The van der Waals surface area contributed by atoms with E-state index < -0.39 is 11.6 Å². The number of hydrogen-bond acceptors (Lipinski definition) is 10. The summed E-state index contributed by atoms with van der Waals surface area (Å²) in [6, 6.07) is 16.0. The average Bonchev–Trinajstić information content (AvgIpc) is 3.35. The predicted octanol–water partition coefficient (Wildman–Crippen LogP) is 5.85. The van der Waals surface area contributed by atoms with Crippen molar-refractivity contribution in [3.8, 4) is 18.2 Å². The van der Waals surface area contributed by atoms with Crippen molar-refractivity contribution in [1.82, 2.24) is 25.0 Å². The Morgan fingerprint density at radius 1 is 1.10 bits per heavy atom. The third-order valence-electron chi connectivity index (χ3n) is 7.19. The van der Waals surface area contributed by atoms with Crippen molar-refractivity contribution in [3.63, 3.8) is 0 Å². The minimum atomic E-state index is -0.643. The lowest BCUT2D eigenvalue weighted by molar-refractivity contribution is 0.443. The zero-order chi connectivity index (χ0) is 28.8. The Hall–Kier alpha value is -5.05. The highest BCUT2D eigenvalue weighted by Gasteiger charge is 2.47. The summed E-state index contributed by atoms with van der Waals surface area (Å²) in [4.78, 5) is 8.96. The van der Waals surface area contributed by atoms with Gasteiger partial charge in [-0.2, -0.15) is 15.8 Å². The lowest BCUT2D eigenvalue weighted by atomic mass is 9.96. The largest absolute Gasteiger partial charge is 0.383 e. The molecule has 6 rings (SSSR count). The fourth-order valence-corrected chi connectivity index (χ4v) is 5.68. The maximum Gasteiger partial charge on any atom is 0.150 e. The van der Waals surface area contributed by atoms with Crippen molar-refractivity contribution >= 4 is 43.8 Å². The fourth-order valence-electron chi connectivity index (χ4n) is 4.84. The summed E-state index contributed by atoms with van der Waals surface area (Å²) >= 11 is 1.54. The van der Waals surface area contributed by atoms with E-state index in [0.29, 0.717) is 45.6 Å².